The number of amides is 1. The molecule has 1 aliphatic carbocycles. The molecule has 0 bridgehead atoms. The van der Waals surface area contributed by atoms with Crippen molar-refractivity contribution in [2.45, 2.75) is 25.8 Å². The number of hydrogen-bond donors (Lipinski definition) is 2. The third-order valence-corrected chi connectivity index (χ3v) is 5.09. The zero-order chi connectivity index (χ0) is 17.8. The van der Waals surface area contributed by atoms with E-state index in [2.05, 4.69) is 27.5 Å². The second kappa shape index (κ2) is 8.15. The minimum absolute atomic E-state index is 0.0401. The molecule has 1 saturated heterocycles. The standard InChI is InChI=1S/C19H29FN4O/c1-14(22-19(25)13-21-12-15-3-4-15)17-11-16(20)5-6-18(17)24-9-7-23(2)8-10-24/h5-6,11,14-15,21H,3-4,7-10,12-13H2,1-2H3,(H,22,25). The van der Waals surface area contributed by atoms with Crippen molar-refractivity contribution >= 4 is 11.6 Å². The first-order valence-electron chi connectivity index (χ1n) is 9.26. The second-order valence-corrected chi connectivity index (χ2v) is 7.36. The predicted molar refractivity (Wildman–Crippen MR) is 98.3 cm³/mol. The quantitative estimate of drug-likeness (QED) is 0.788. The van der Waals surface area contributed by atoms with Gasteiger partial charge in [-0.25, -0.2) is 4.39 Å². The van der Waals surface area contributed by atoms with E-state index >= 15 is 0 Å². The van der Waals surface area contributed by atoms with Crippen LogP contribution in [0, 0.1) is 11.7 Å². The molecular formula is C19H29FN4O. The lowest BCUT2D eigenvalue weighted by atomic mass is 10.0. The van der Waals surface area contributed by atoms with E-state index in [4.69, 9.17) is 0 Å². The van der Waals surface area contributed by atoms with Gasteiger partial charge in [-0.1, -0.05) is 0 Å². The molecular weight excluding hydrogens is 319 g/mol. The van der Waals surface area contributed by atoms with Gasteiger partial charge in [0.1, 0.15) is 5.82 Å². The van der Waals surface area contributed by atoms with Crippen molar-refractivity contribution in [1.29, 1.82) is 0 Å². The van der Waals surface area contributed by atoms with E-state index < -0.39 is 0 Å². The molecule has 3 rings (SSSR count). The highest BCUT2D eigenvalue weighted by Gasteiger charge is 2.22. The van der Waals surface area contributed by atoms with Gasteiger partial charge in [0.2, 0.25) is 5.91 Å². The summed E-state index contributed by atoms with van der Waals surface area (Å²) >= 11 is 0. The summed E-state index contributed by atoms with van der Waals surface area (Å²) in [6, 6.07) is 4.67. The number of nitrogens with zero attached hydrogens (tertiary/aromatic N) is 2. The molecule has 1 heterocycles. The molecule has 2 aliphatic rings. The molecule has 138 valence electrons. The highest BCUT2D eigenvalue weighted by Crippen LogP contribution is 2.29. The Morgan fingerprint density at radius 1 is 1.28 bits per heavy atom. The van der Waals surface area contributed by atoms with Gasteiger partial charge in [0, 0.05) is 37.4 Å². The normalized spacial score (nSPS) is 19.7. The number of benzene rings is 1. The van der Waals surface area contributed by atoms with Crippen LogP contribution in [0.1, 0.15) is 31.4 Å². The number of rotatable bonds is 7. The van der Waals surface area contributed by atoms with Gasteiger partial charge in [0.15, 0.2) is 0 Å². The van der Waals surface area contributed by atoms with Gasteiger partial charge in [0.05, 0.1) is 12.6 Å². The molecule has 2 fully saturated rings. The Morgan fingerprint density at radius 2 is 2.00 bits per heavy atom. The monoisotopic (exact) mass is 348 g/mol. The molecule has 1 aliphatic heterocycles. The topological polar surface area (TPSA) is 47.6 Å². The van der Waals surface area contributed by atoms with Crippen LogP contribution in [0.4, 0.5) is 10.1 Å². The molecule has 1 unspecified atom stereocenters. The maximum atomic E-state index is 13.8. The molecule has 1 saturated carbocycles. The first-order chi connectivity index (χ1) is 12.0. The first kappa shape index (κ1) is 18.1. The van der Waals surface area contributed by atoms with Gasteiger partial charge in [-0.15, -0.1) is 0 Å². The summed E-state index contributed by atoms with van der Waals surface area (Å²) in [5.41, 5.74) is 1.87. The Balaban J connectivity index is 1.62. The molecule has 2 N–H and O–H groups in total. The van der Waals surface area contributed by atoms with E-state index in [9.17, 15) is 9.18 Å². The third-order valence-electron chi connectivity index (χ3n) is 5.09. The Hall–Kier alpha value is -1.66. The number of carbonyl (C=O) groups is 1. The Labute approximate surface area is 149 Å². The maximum absolute atomic E-state index is 13.8. The van der Waals surface area contributed by atoms with Crippen LogP contribution in [0.3, 0.4) is 0 Å². The zero-order valence-corrected chi connectivity index (χ0v) is 15.2. The average molecular weight is 348 g/mol. The van der Waals surface area contributed by atoms with Crippen molar-refractivity contribution in [3.8, 4) is 0 Å². The Bertz CT molecular complexity index is 597. The lowest BCUT2D eigenvalue weighted by Crippen LogP contribution is -2.45. The molecule has 6 heteroatoms. The van der Waals surface area contributed by atoms with Crippen LogP contribution in [-0.4, -0.2) is 57.1 Å². The van der Waals surface area contributed by atoms with E-state index in [-0.39, 0.29) is 17.8 Å². The zero-order valence-electron chi connectivity index (χ0n) is 15.2. The fraction of sp³-hybridized carbons (Fsp3) is 0.632. The van der Waals surface area contributed by atoms with E-state index in [1.54, 1.807) is 6.07 Å². The molecule has 25 heavy (non-hydrogen) atoms. The van der Waals surface area contributed by atoms with Crippen LogP contribution >= 0.6 is 0 Å². The van der Waals surface area contributed by atoms with Gasteiger partial charge in [-0.2, -0.15) is 0 Å². The van der Waals surface area contributed by atoms with Gasteiger partial charge in [-0.3, -0.25) is 4.79 Å². The lowest BCUT2D eigenvalue weighted by Gasteiger charge is -2.36. The second-order valence-electron chi connectivity index (χ2n) is 7.36. The number of halogens is 1. The van der Waals surface area contributed by atoms with Crippen LogP contribution in [0.2, 0.25) is 0 Å². The molecule has 1 atom stereocenters. The van der Waals surface area contributed by atoms with Crippen molar-refractivity contribution < 1.29 is 9.18 Å². The molecule has 1 aromatic carbocycles. The van der Waals surface area contributed by atoms with E-state index in [1.165, 1.54) is 18.9 Å². The van der Waals surface area contributed by atoms with E-state index in [0.717, 1.165) is 49.9 Å². The number of hydrogen-bond acceptors (Lipinski definition) is 4. The number of anilines is 1. The van der Waals surface area contributed by atoms with E-state index in [1.807, 2.05) is 13.0 Å². The van der Waals surface area contributed by atoms with Crippen LogP contribution < -0.4 is 15.5 Å². The smallest absolute Gasteiger partial charge is 0.234 e. The van der Waals surface area contributed by atoms with Crippen LogP contribution in [0.15, 0.2) is 18.2 Å². The maximum Gasteiger partial charge on any atom is 0.234 e. The largest absolute Gasteiger partial charge is 0.369 e. The van der Waals surface area contributed by atoms with Gasteiger partial charge < -0.3 is 20.4 Å². The summed E-state index contributed by atoms with van der Waals surface area (Å²) < 4.78 is 13.8. The summed E-state index contributed by atoms with van der Waals surface area (Å²) in [5.74, 6) is 0.444. The highest BCUT2D eigenvalue weighted by molar-refractivity contribution is 5.78. The minimum Gasteiger partial charge on any atom is -0.369 e. The van der Waals surface area contributed by atoms with Crippen molar-refractivity contribution in [3.05, 3.63) is 29.6 Å². The average Bonchev–Trinajstić information content (AvgIpc) is 3.40. The Kier molecular flexibility index (Phi) is 5.91. The summed E-state index contributed by atoms with van der Waals surface area (Å²) in [5, 5.41) is 6.20. The number of piperazine rings is 1. The summed E-state index contributed by atoms with van der Waals surface area (Å²) in [7, 11) is 2.11. The molecule has 5 nitrogen and oxygen atoms in total. The van der Waals surface area contributed by atoms with E-state index in [0.29, 0.717) is 6.54 Å². The van der Waals surface area contributed by atoms with Gasteiger partial charge in [-0.05, 0) is 57.5 Å². The van der Waals surface area contributed by atoms with Crippen molar-refractivity contribution in [2.24, 2.45) is 5.92 Å². The molecule has 0 radical (unpaired) electrons. The number of nitrogens with one attached hydrogen (secondary N) is 2. The van der Waals surface area contributed by atoms with Crippen molar-refractivity contribution in [3.63, 3.8) is 0 Å². The van der Waals surface area contributed by atoms with Crippen LogP contribution in [-0.2, 0) is 4.79 Å². The Morgan fingerprint density at radius 3 is 2.68 bits per heavy atom. The van der Waals surface area contributed by atoms with Crippen LogP contribution in [0.5, 0.6) is 0 Å². The first-order valence-corrected chi connectivity index (χ1v) is 9.26. The molecule has 1 aromatic rings. The van der Waals surface area contributed by atoms with Crippen LogP contribution in [0.25, 0.3) is 0 Å². The van der Waals surface area contributed by atoms with Gasteiger partial charge in [0.25, 0.3) is 0 Å². The molecule has 1 amide bonds. The molecule has 0 spiro atoms. The summed E-state index contributed by atoms with van der Waals surface area (Å²) in [6.45, 7) is 6.96. The lowest BCUT2D eigenvalue weighted by molar-refractivity contribution is -0.120. The SMILES string of the molecule is CC(NC(=O)CNCC1CC1)c1cc(F)ccc1N1CCN(C)CC1. The predicted octanol–water partition coefficient (Wildman–Crippen LogP) is 1.75. The summed E-state index contributed by atoms with van der Waals surface area (Å²) in [4.78, 5) is 16.7. The van der Waals surface area contributed by atoms with Crippen molar-refractivity contribution in [1.82, 2.24) is 15.5 Å². The summed E-state index contributed by atoms with van der Waals surface area (Å²) in [6.07, 6.45) is 2.53. The third kappa shape index (κ3) is 5.16. The number of carbonyl (C=O) groups excluding carboxylic acids is 1. The van der Waals surface area contributed by atoms with Crippen molar-refractivity contribution in [2.75, 3.05) is 51.2 Å². The minimum atomic E-state index is -0.263. The fourth-order valence-corrected chi connectivity index (χ4v) is 3.29. The van der Waals surface area contributed by atoms with Gasteiger partial charge >= 0.3 is 0 Å². The number of likely N-dealkylation sites (N-methyl/N-ethyl adjacent to an activating group) is 1. The highest BCUT2D eigenvalue weighted by atomic mass is 19.1. The fourth-order valence-electron chi connectivity index (χ4n) is 3.29. The molecule has 0 aromatic heterocycles.